The minimum absolute atomic E-state index is 0.109. The van der Waals surface area contributed by atoms with Crippen LogP contribution in [0, 0.1) is 0 Å². The van der Waals surface area contributed by atoms with Crippen molar-refractivity contribution in [1.82, 2.24) is 5.32 Å². The summed E-state index contributed by atoms with van der Waals surface area (Å²) >= 11 is 0. The summed E-state index contributed by atoms with van der Waals surface area (Å²) in [6, 6.07) is 21.0. The zero-order valence-corrected chi connectivity index (χ0v) is 18.0. The molecule has 158 valence electrons. The Hall–Kier alpha value is -3.06. The molecule has 0 aromatic heterocycles. The number of hydrogen-bond acceptors (Lipinski definition) is 4. The van der Waals surface area contributed by atoms with Gasteiger partial charge in [-0.05, 0) is 41.0 Å². The van der Waals surface area contributed by atoms with Gasteiger partial charge in [0.15, 0.2) is 0 Å². The van der Waals surface area contributed by atoms with Crippen LogP contribution in [0.3, 0.4) is 0 Å². The summed E-state index contributed by atoms with van der Waals surface area (Å²) in [7, 11) is -1.94. The second-order valence-electron chi connectivity index (χ2n) is 7.10. The molecule has 0 radical (unpaired) electrons. The van der Waals surface area contributed by atoms with Crippen LogP contribution in [0.1, 0.15) is 18.4 Å². The number of ether oxygens (including phenoxy) is 1. The summed E-state index contributed by atoms with van der Waals surface area (Å²) in [6.07, 6.45) is 1.81. The second kappa shape index (κ2) is 9.63. The molecule has 0 heterocycles. The van der Waals surface area contributed by atoms with Crippen molar-refractivity contribution < 1.29 is 17.9 Å². The van der Waals surface area contributed by atoms with Crippen molar-refractivity contribution in [2.45, 2.75) is 19.4 Å². The van der Waals surface area contributed by atoms with Crippen LogP contribution in [-0.4, -0.2) is 34.2 Å². The Morgan fingerprint density at radius 2 is 1.77 bits per heavy atom. The average Bonchev–Trinajstić information content (AvgIpc) is 2.74. The summed E-state index contributed by atoms with van der Waals surface area (Å²) in [4.78, 5) is 12.2. The molecule has 0 fully saturated rings. The standard InChI is InChI=1S/C23H26N2O4S/c1-29-22-10-5-9-21(16-22)25(30(2,27)28)14-6-11-23(26)24-17-18-12-13-19-7-3-4-8-20(19)15-18/h3-5,7-10,12-13,15-16H,6,11,14,17H2,1-2H3,(H,24,26). The predicted octanol–water partition coefficient (Wildman–Crippen LogP) is 3.71. The first kappa shape index (κ1) is 21.6. The van der Waals surface area contributed by atoms with Crippen LogP contribution in [-0.2, 0) is 21.4 Å². The number of rotatable bonds is 9. The third kappa shape index (κ3) is 5.73. The van der Waals surface area contributed by atoms with Gasteiger partial charge in [-0.1, -0.05) is 42.5 Å². The molecule has 0 saturated carbocycles. The molecule has 0 bridgehead atoms. The van der Waals surface area contributed by atoms with Gasteiger partial charge < -0.3 is 10.1 Å². The SMILES string of the molecule is COc1cccc(N(CCCC(=O)NCc2ccc3ccccc3c2)S(C)(=O)=O)c1. The molecule has 3 aromatic carbocycles. The van der Waals surface area contributed by atoms with Gasteiger partial charge in [-0.3, -0.25) is 9.10 Å². The Balaban J connectivity index is 1.54. The van der Waals surface area contributed by atoms with Crippen molar-refractivity contribution in [3.8, 4) is 5.75 Å². The van der Waals surface area contributed by atoms with Crippen LogP contribution in [0.5, 0.6) is 5.75 Å². The van der Waals surface area contributed by atoms with Crippen molar-refractivity contribution in [3.63, 3.8) is 0 Å². The molecule has 0 aliphatic carbocycles. The number of benzene rings is 3. The zero-order valence-electron chi connectivity index (χ0n) is 17.2. The lowest BCUT2D eigenvalue weighted by molar-refractivity contribution is -0.121. The maximum Gasteiger partial charge on any atom is 0.232 e. The number of carbonyl (C=O) groups is 1. The normalized spacial score (nSPS) is 11.3. The van der Waals surface area contributed by atoms with E-state index in [2.05, 4.69) is 11.4 Å². The first-order valence-corrected chi connectivity index (χ1v) is 11.6. The van der Waals surface area contributed by atoms with E-state index < -0.39 is 10.0 Å². The average molecular weight is 427 g/mol. The molecule has 6 nitrogen and oxygen atoms in total. The molecular formula is C23H26N2O4S. The Bertz CT molecular complexity index is 1130. The molecule has 3 aromatic rings. The van der Waals surface area contributed by atoms with Crippen LogP contribution in [0.4, 0.5) is 5.69 Å². The van der Waals surface area contributed by atoms with E-state index >= 15 is 0 Å². The lowest BCUT2D eigenvalue weighted by Gasteiger charge is -2.22. The van der Waals surface area contributed by atoms with Crippen LogP contribution >= 0.6 is 0 Å². The minimum Gasteiger partial charge on any atom is -0.497 e. The van der Waals surface area contributed by atoms with Gasteiger partial charge >= 0.3 is 0 Å². The van der Waals surface area contributed by atoms with Crippen molar-refractivity contribution in [1.29, 1.82) is 0 Å². The summed E-state index contributed by atoms with van der Waals surface area (Å²) in [5.41, 5.74) is 1.55. The van der Waals surface area contributed by atoms with Crippen molar-refractivity contribution in [3.05, 3.63) is 72.3 Å². The van der Waals surface area contributed by atoms with Crippen molar-refractivity contribution in [2.75, 3.05) is 24.2 Å². The predicted molar refractivity (Wildman–Crippen MR) is 120 cm³/mol. The van der Waals surface area contributed by atoms with E-state index in [0.717, 1.165) is 22.6 Å². The van der Waals surface area contributed by atoms with E-state index in [4.69, 9.17) is 4.74 Å². The fraction of sp³-hybridized carbons (Fsp3) is 0.261. The number of anilines is 1. The fourth-order valence-electron chi connectivity index (χ4n) is 3.27. The third-order valence-electron chi connectivity index (χ3n) is 4.81. The van der Waals surface area contributed by atoms with E-state index in [1.54, 1.807) is 24.3 Å². The summed E-state index contributed by atoms with van der Waals surface area (Å²) in [6.45, 7) is 0.657. The van der Waals surface area contributed by atoms with Gasteiger partial charge in [-0.15, -0.1) is 0 Å². The van der Waals surface area contributed by atoms with Gasteiger partial charge in [0.05, 0.1) is 19.1 Å². The van der Waals surface area contributed by atoms with E-state index in [9.17, 15) is 13.2 Å². The molecule has 1 amide bonds. The second-order valence-corrected chi connectivity index (χ2v) is 9.01. The molecule has 0 unspecified atom stereocenters. The third-order valence-corrected chi connectivity index (χ3v) is 6.00. The van der Waals surface area contributed by atoms with E-state index in [0.29, 0.717) is 24.4 Å². The summed E-state index contributed by atoms with van der Waals surface area (Å²) in [5.74, 6) is 0.469. The highest BCUT2D eigenvalue weighted by molar-refractivity contribution is 7.92. The molecule has 1 N–H and O–H groups in total. The number of sulfonamides is 1. The lowest BCUT2D eigenvalue weighted by atomic mass is 10.1. The minimum atomic E-state index is -3.47. The molecule has 0 atom stereocenters. The quantitative estimate of drug-likeness (QED) is 0.566. The molecule has 0 saturated heterocycles. The smallest absolute Gasteiger partial charge is 0.232 e. The van der Waals surface area contributed by atoms with Crippen molar-refractivity contribution in [2.24, 2.45) is 0 Å². The molecule has 3 rings (SSSR count). The highest BCUT2D eigenvalue weighted by Gasteiger charge is 2.18. The number of methoxy groups -OCH3 is 1. The Morgan fingerprint density at radius 3 is 2.50 bits per heavy atom. The van der Waals surface area contributed by atoms with Crippen LogP contribution < -0.4 is 14.4 Å². The van der Waals surface area contributed by atoms with Gasteiger partial charge in [-0.2, -0.15) is 0 Å². The molecule has 30 heavy (non-hydrogen) atoms. The zero-order chi connectivity index (χ0) is 21.6. The van der Waals surface area contributed by atoms with Gasteiger partial charge in [0.2, 0.25) is 15.9 Å². The van der Waals surface area contributed by atoms with Crippen molar-refractivity contribution >= 4 is 32.4 Å². The largest absolute Gasteiger partial charge is 0.497 e. The highest BCUT2D eigenvalue weighted by Crippen LogP contribution is 2.23. The van der Waals surface area contributed by atoms with Crippen LogP contribution in [0.15, 0.2) is 66.7 Å². The Morgan fingerprint density at radius 1 is 1.00 bits per heavy atom. The maximum absolute atomic E-state index is 12.2. The maximum atomic E-state index is 12.2. The van der Waals surface area contributed by atoms with Crippen LogP contribution in [0.25, 0.3) is 10.8 Å². The van der Waals surface area contributed by atoms with Gasteiger partial charge in [0, 0.05) is 25.6 Å². The van der Waals surface area contributed by atoms with E-state index in [-0.39, 0.29) is 18.9 Å². The number of hydrogen-bond donors (Lipinski definition) is 1. The van der Waals surface area contributed by atoms with Crippen LogP contribution in [0.2, 0.25) is 0 Å². The lowest BCUT2D eigenvalue weighted by Crippen LogP contribution is -2.32. The van der Waals surface area contributed by atoms with E-state index in [1.165, 1.54) is 11.4 Å². The Kier molecular flexibility index (Phi) is 6.95. The number of carbonyl (C=O) groups excluding carboxylic acids is 1. The monoisotopic (exact) mass is 426 g/mol. The Labute approximate surface area is 177 Å². The summed E-state index contributed by atoms with van der Waals surface area (Å²) in [5, 5.41) is 5.20. The molecule has 0 spiro atoms. The fourth-order valence-corrected chi connectivity index (χ4v) is 4.23. The molecule has 7 heteroatoms. The summed E-state index contributed by atoms with van der Waals surface area (Å²) < 4.78 is 30.9. The highest BCUT2D eigenvalue weighted by atomic mass is 32.2. The first-order valence-electron chi connectivity index (χ1n) is 9.73. The van der Waals surface area contributed by atoms with Gasteiger partial charge in [0.1, 0.15) is 5.75 Å². The molecular weight excluding hydrogens is 400 g/mol. The molecule has 0 aliphatic heterocycles. The number of nitrogens with one attached hydrogen (secondary N) is 1. The van der Waals surface area contributed by atoms with E-state index in [1.807, 2.05) is 36.4 Å². The number of amides is 1. The van der Waals surface area contributed by atoms with Gasteiger partial charge in [-0.25, -0.2) is 8.42 Å². The number of fused-ring (bicyclic) bond motifs is 1. The first-order chi connectivity index (χ1) is 14.4. The molecule has 0 aliphatic rings. The topological polar surface area (TPSA) is 75.7 Å². The number of nitrogens with zero attached hydrogens (tertiary/aromatic N) is 1. The van der Waals surface area contributed by atoms with Gasteiger partial charge in [0.25, 0.3) is 0 Å².